The Morgan fingerprint density at radius 1 is 1.31 bits per heavy atom. The number of aromatic nitrogens is 3. The first-order valence-electron chi connectivity index (χ1n) is 5.10. The Bertz CT molecular complexity index is 463. The smallest absolute Gasteiger partial charge is 0.145 e. The Kier molecular flexibility index (Phi) is 3.26. The van der Waals surface area contributed by atoms with Gasteiger partial charge in [-0.1, -0.05) is 0 Å². The van der Waals surface area contributed by atoms with Crippen molar-refractivity contribution in [1.29, 1.82) is 0 Å². The third-order valence-electron chi connectivity index (χ3n) is 2.19. The lowest BCUT2D eigenvalue weighted by atomic mass is 10.2. The summed E-state index contributed by atoms with van der Waals surface area (Å²) in [7, 11) is 0. The minimum absolute atomic E-state index is 0.175. The first-order valence-corrected chi connectivity index (χ1v) is 5.98. The Morgan fingerprint density at radius 3 is 2.56 bits per heavy atom. The van der Waals surface area contributed by atoms with Gasteiger partial charge in [-0.2, -0.15) is 0 Å². The van der Waals surface area contributed by atoms with Crippen LogP contribution < -0.4 is 5.73 Å². The van der Waals surface area contributed by atoms with E-state index in [1.165, 1.54) is 0 Å². The topological polar surface area (TPSA) is 64.7 Å². The maximum absolute atomic E-state index is 6.03. The molecule has 2 aromatic heterocycles. The molecule has 84 valence electrons. The average molecular weight is 234 g/mol. The van der Waals surface area contributed by atoms with Gasteiger partial charge in [0.25, 0.3) is 0 Å². The van der Waals surface area contributed by atoms with E-state index in [-0.39, 0.29) is 6.04 Å². The summed E-state index contributed by atoms with van der Waals surface area (Å²) in [6.45, 7) is 3.94. The number of nitrogens with two attached hydrogens (primary N) is 1. The fraction of sp³-hybridized carbons (Fsp3) is 0.364. The van der Waals surface area contributed by atoms with E-state index >= 15 is 0 Å². The summed E-state index contributed by atoms with van der Waals surface area (Å²) in [6, 6.07) is -0.175. The van der Waals surface area contributed by atoms with Crippen molar-refractivity contribution in [3.8, 4) is 0 Å². The second-order valence-corrected chi connectivity index (χ2v) is 4.75. The zero-order valence-electron chi connectivity index (χ0n) is 9.34. The minimum Gasteiger partial charge on any atom is -0.321 e. The van der Waals surface area contributed by atoms with Crippen molar-refractivity contribution in [2.45, 2.75) is 26.3 Å². The van der Waals surface area contributed by atoms with E-state index in [4.69, 9.17) is 5.73 Å². The second kappa shape index (κ2) is 4.67. The molecule has 0 saturated heterocycles. The van der Waals surface area contributed by atoms with Crippen LogP contribution in [0.1, 0.15) is 28.1 Å². The summed E-state index contributed by atoms with van der Waals surface area (Å²) in [5, 5.41) is 3.06. The van der Waals surface area contributed by atoms with E-state index in [1.54, 1.807) is 23.7 Å². The van der Waals surface area contributed by atoms with E-state index in [2.05, 4.69) is 15.0 Å². The van der Waals surface area contributed by atoms with Gasteiger partial charge in [-0.3, -0.25) is 0 Å². The number of nitrogens with zero attached hydrogens (tertiary/aromatic N) is 3. The highest BCUT2D eigenvalue weighted by Crippen LogP contribution is 2.16. The van der Waals surface area contributed by atoms with E-state index in [9.17, 15) is 0 Å². The normalized spacial score (nSPS) is 12.7. The van der Waals surface area contributed by atoms with Crippen molar-refractivity contribution < 1.29 is 0 Å². The SMILES string of the molecule is Cc1cnc(C(N)Cc2nc(C)cs2)nc1. The molecule has 0 saturated carbocycles. The van der Waals surface area contributed by atoms with Crippen molar-refractivity contribution in [3.63, 3.8) is 0 Å². The summed E-state index contributed by atoms with van der Waals surface area (Å²) in [5.41, 5.74) is 8.11. The highest BCUT2D eigenvalue weighted by molar-refractivity contribution is 7.09. The van der Waals surface area contributed by atoms with Crippen molar-refractivity contribution >= 4 is 11.3 Å². The van der Waals surface area contributed by atoms with Crippen LogP contribution in [0.4, 0.5) is 0 Å². The van der Waals surface area contributed by atoms with Crippen LogP contribution in [-0.2, 0) is 6.42 Å². The van der Waals surface area contributed by atoms with Crippen molar-refractivity contribution in [2.75, 3.05) is 0 Å². The van der Waals surface area contributed by atoms with E-state index in [1.807, 2.05) is 19.2 Å². The summed E-state index contributed by atoms with van der Waals surface area (Å²) >= 11 is 1.63. The molecular weight excluding hydrogens is 220 g/mol. The number of rotatable bonds is 3. The molecule has 2 heterocycles. The Morgan fingerprint density at radius 2 is 2.00 bits per heavy atom. The standard InChI is InChI=1S/C11H14N4S/c1-7-4-13-11(14-5-7)9(12)3-10-15-8(2)6-16-10/h4-6,9H,3,12H2,1-2H3. The molecule has 16 heavy (non-hydrogen) atoms. The fourth-order valence-corrected chi connectivity index (χ4v) is 2.20. The van der Waals surface area contributed by atoms with Crippen LogP contribution in [-0.4, -0.2) is 15.0 Å². The highest BCUT2D eigenvalue weighted by Gasteiger charge is 2.11. The van der Waals surface area contributed by atoms with Gasteiger partial charge in [0, 0.05) is 29.9 Å². The van der Waals surface area contributed by atoms with Crippen molar-refractivity contribution in [3.05, 3.63) is 39.9 Å². The van der Waals surface area contributed by atoms with Gasteiger partial charge in [0.15, 0.2) is 0 Å². The van der Waals surface area contributed by atoms with Gasteiger partial charge in [-0.15, -0.1) is 11.3 Å². The molecule has 2 rings (SSSR count). The molecule has 5 heteroatoms. The quantitative estimate of drug-likeness (QED) is 0.879. The lowest BCUT2D eigenvalue weighted by Gasteiger charge is -2.07. The monoisotopic (exact) mass is 234 g/mol. The molecule has 0 aromatic carbocycles. The van der Waals surface area contributed by atoms with Gasteiger partial charge in [0.05, 0.1) is 11.0 Å². The Balaban J connectivity index is 2.08. The van der Waals surface area contributed by atoms with Crippen LogP contribution in [0.25, 0.3) is 0 Å². The predicted octanol–water partition coefficient (Wildman–Crippen LogP) is 1.79. The molecule has 1 atom stereocenters. The average Bonchev–Trinajstić information content (AvgIpc) is 2.65. The molecule has 0 fully saturated rings. The van der Waals surface area contributed by atoms with Crippen LogP contribution in [0.5, 0.6) is 0 Å². The molecule has 0 aliphatic rings. The summed E-state index contributed by atoms with van der Waals surface area (Å²) in [4.78, 5) is 12.8. The van der Waals surface area contributed by atoms with E-state index in [0.29, 0.717) is 12.2 Å². The third-order valence-corrected chi connectivity index (χ3v) is 3.18. The lowest BCUT2D eigenvalue weighted by Crippen LogP contribution is -2.16. The second-order valence-electron chi connectivity index (χ2n) is 3.81. The highest BCUT2D eigenvalue weighted by atomic mass is 32.1. The summed E-state index contributed by atoms with van der Waals surface area (Å²) in [5.74, 6) is 0.679. The maximum Gasteiger partial charge on any atom is 0.145 e. The molecule has 0 spiro atoms. The zero-order valence-corrected chi connectivity index (χ0v) is 10.2. The minimum atomic E-state index is -0.175. The number of thiazole rings is 1. The largest absolute Gasteiger partial charge is 0.321 e. The molecule has 0 amide bonds. The maximum atomic E-state index is 6.03. The van der Waals surface area contributed by atoms with E-state index < -0.39 is 0 Å². The molecule has 0 aliphatic carbocycles. The fourth-order valence-electron chi connectivity index (χ4n) is 1.37. The van der Waals surface area contributed by atoms with Crippen LogP contribution >= 0.6 is 11.3 Å². The van der Waals surface area contributed by atoms with Gasteiger partial charge in [-0.25, -0.2) is 15.0 Å². The van der Waals surface area contributed by atoms with Crippen LogP contribution in [0.2, 0.25) is 0 Å². The van der Waals surface area contributed by atoms with Crippen LogP contribution in [0, 0.1) is 13.8 Å². The van der Waals surface area contributed by atoms with Gasteiger partial charge >= 0.3 is 0 Å². The molecule has 0 aliphatic heterocycles. The molecule has 2 aromatic rings. The predicted molar refractivity (Wildman–Crippen MR) is 64.3 cm³/mol. The number of hydrogen-bond acceptors (Lipinski definition) is 5. The van der Waals surface area contributed by atoms with E-state index in [0.717, 1.165) is 16.3 Å². The summed E-state index contributed by atoms with van der Waals surface area (Å²) in [6.07, 6.45) is 4.27. The van der Waals surface area contributed by atoms with Crippen LogP contribution in [0.3, 0.4) is 0 Å². The lowest BCUT2D eigenvalue weighted by molar-refractivity contribution is 0.662. The molecule has 4 nitrogen and oxygen atoms in total. The summed E-state index contributed by atoms with van der Waals surface area (Å²) < 4.78 is 0. The van der Waals surface area contributed by atoms with Crippen LogP contribution in [0.15, 0.2) is 17.8 Å². The Labute approximate surface area is 98.6 Å². The van der Waals surface area contributed by atoms with Gasteiger partial charge in [0.1, 0.15) is 5.82 Å². The van der Waals surface area contributed by atoms with Crippen molar-refractivity contribution in [1.82, 2.24) is 15.0 Å². The molecule has 0 bridgehead atoms. The number of aryl methyl sites for hydroxylation is 2. The molecule has 0 radical (unpaired) electrons. The third kappa shape index (κ3) is 2.62. The van der Waals surface area contributed by atoms with Crippen molar-refractivity contribution in [2.24, 2.45) is 5.73 Å². The molecule has 2 N–H and O–H groups in total. The molecular formula is C11H14N4S. The first-order chi connectivity index (χ1) is 7.65. The Hall–Kier alpha value is -1.33. The number of hydrogen-bond donors (Lipinski definition) is 1. The zero-order chi connectivity index (χ0) is 11.5. The van der Waals surface area contributed by atoms with Gasteiger partial charge in [-0.05, 0) is 19.4 Å². The van der Waals surface area contributed by atoms with Gasteiger partial charge in [0.2, 0.25) is 0 Å². The first kappa shape index (κ1) is 11.2. The van der Waals surface area contributed by atoms with Gasteiger partial charge < -0.3 is 5.73 Å². The molecule has 1 unspecified atom stereocenters.